The van der Waals surface area contributed by atoms with Gasteiger partial charge in [0.05, 0.1) is 5.56 Å². The van der Waals surface area contributed by atoms with E-state index in [2.05, 4.69) is 15.6 Å². The third-order valence-electron chi connectivity index (χ3n) is 6.64. The number of carbonyl (C=O) groups excluding carboxylic acids is 2. The molecular formula is C25H27F2N5O2. The highest BCUT2D eigenvalue weighted by atomic mass is 19.3. The number of carbonyl (C=O) groups is 2. The fourth-order valence-corrected chi connectivity index (χ4v) is 4.58. The second-order valence-electron chi connectivity index (χ2n) is 9.02. The first-order chi connectivity index (χ1) is 16.4. The monoisotopic (exact) mass is 467 g/mol. The maximum Gasteiger partial charge on any atom is 0.255 e. The van der Waals surface area contributed by atoms with Crippen molar-refractivity contribution in [2.24, 2.45) is 0 Å². The first kappa shape index (κ1) is 22.5. The quantitative estimate of drug-likeness (QED) is 0.617. The van der Waals surface area contributed by atoms with Gasteiger partial charge in [0.2, 0.25) is 0 Å². The van der Waals surface area contributed by atoms with Crippen molar-refractivity contribution < 1.29 is 18.4 Å². The minimum atomic E-state index is -2.69. The lowest BCUT2D eigenvalue weighted by Crippen LogP contribution is -2.42. The zero-order valence-electron chi connectivity index (χ0n) is 18.8. The van der Waals surface area contributed by atoms with Gasteiger partial charge in [-0.15, -0.1) is 0 Å². The zero-order valence-corrected chi connectivity index (χ0v) is 18.8. The first-order valence-electron chi connectivity index (χ1n) is 11.7. The SMILES string of the molecule is O=C(NC1CCNCC1)c1ccc(-n2ccc3cc(C(=O)N4CCC(F)(F)CC4)cnc32)cc1. The van der Waals surface area contributed by atoms with Gasteiger partial charge < -0.3 is 20.1 Å². The Kier molecular flexibility index (Phi) is 6.03. The van der Waals surface area contributed by atoms with Gasteiger partial charge in [-0.2, -0.15) is 0 Å². The number of nitrogens with zero attached hydrogens (tertiary/aromatic N) is 3. The number of alkyl halides is 2. The van der Waals surface area contributed by atoms with Gasteiger partial charge in [-0.25, -0.2) is 13.8 Å². The molecule has 2 amide bonds. The highest BCUT2D eigenvalue weighted by Crippen LogP contribution is 2.29. The molecular weight excluding hydrogens is 440 g/mol. The molecule has 7 nitrogen and oxygen atoms in total. The lowest BCUT2D eigenvalue weighted by atomic mass is 10.1. The molecule has 4 heterocycles. The fraction of sp³-hybridized carbons (Fsp3) is 0.400. The summed E-state index contributed by atoms with van der Waals surface area (Å²) < 4.78 is 28.7. The number of hydrogen-bond donors (Lipinski definition) is 2. The van der Waals surface area contributed by atoms with Crippen LogP contribution >= 0.6 is 0 Å². The third kappa shape index (κ3) is 4.65. The van der Waals surface area contributed by atoms with Crippen LogP contribution in [0.15, 0.2) is 48.8 Å². The number of piperidine rings is 2. The van der Waals surface area contributed by atoms with Crippen LogP contribution < -0.4 is 10.6 Å². The highest BCUT2D eigenvalue weighted by molar-refractivity contribution is 5.97. The Labute approximate surface area is 196 Å². The second-order valence-corrected chi connectivity index (χ2v) is 9.02. The van der Waals surface area contributed by atoms with E-state index in [1.54, 1.807) is 18.2 Å². The first-order valence-corrected chi connectivity index (χ1v) is 11.7. The highest BCUT2D eigenvalue weighted by Gasteiger charge is 2.35. The van der Waals surface area contributed by atoms with Gasteiger partial charge in [-0.3, -0.25) is 9.59 Å². The van der Waals surface area contributed by atoms with Crippen molar-refractivity contribution in [3.05, 3.63) is 59.9 Å². The van der Waals surface area contributed by atoms with E-state index in [1.165, 1.54) is 11.1 Å². The summed E-state index contributed by atoms with van der Waals surface area (Å²) >= 11 is 0. The Balaban J connectivity index is 1.30. The zero-order chi connectivity index (χ0) is 23.7. The van der Waals surface area contributed by atoms with Crippen LogP contribution in [0.5, 0.6) is 0 Å². The van der Waals surface area contributed by atoms with E-state index in [0.717, 1.165) is 37.0 Å². The van der Waals surface area contributed by atoms with Crippen LogP contribution in [0, 0.1) is 0 Å². The Hall–Kier alpha value is -3.33. The molecule has 0 spiro atoms. The molecule has 0 saturated carbocycles. The van der Waals surface area contributed by atoms with Crippen molar-refractivity contribution in [1.29, 1.82) is 0 Å². The van der Waals surface area contributed by atoms with Gasteiger partial charge in [-0.1, -0.05) is 0 Å². The van der Waals surface area contributed by atoms with E-state index in [1.807, 2.05) is 29.0 Å². The van der Waals surface area contributed by atoms with E-state index >= 15 is 0 Å². The molecule has 34 heavy (non-hydrogen) atoms. The average molecular weight is 468 g/mol. The molecule has 2 fully saturated rings. The van der Waals surface area contributed by atoms with Gasteiger partial charge in [0.1, 0.15) is 5.65 Å². The molecule has 3 aromatic rings. The van der Waals surface area contributed by atoms with Crippen molar-refractivity contribution in [2.45, 2.75) is 37.6 Å². The average Bonchev–Trinajstić information content (AvgIpc) is 3.28. The molecule has 2 N–H and O–H groups in total. The number of rotatable bonds is 4. The van der Waals surface area contributed by atoms with E-state index < -0.39 is 5.92 Å². The Morgan fingerprint density at radius 3 is 2.44 bits per heavy atom. The van der Waals surface area contributed by atoms with Crippen LogP contribution in [0.3, 0.4) is 0 Å². The summed E-state index contributed by atoms with van der Waals surface area (Å²) in [7, 11) is 0. The normalized spacial score (nSPS) is 18.7. The van der Waals surface area contributed by atoms with Crippen molar-refractivity contribution in [1.82, 2.24) is 25.1 Å². The summed E-state index contributed by atoms with van der Waals surface area (Å²) in [6, 6.07) is 11.1. The Bertz CT molecular complexity index is 1190. The molecule has 2 saturated heterocycles. The number of aromatic nitrogens is 2. The van der Waals surface area contributed by atoms with E-state index in [4.69, 9.17) is 0 Å². The number of halogens is 2. The Morgan fingerprint density at radius 2 is 1.74 bits per heavy atom. The van der Waals surface area contributed by atoms with Crippen LogP contribution in [0.1, 0.15) is 46.4 Å². The predicted octanol–water partition coefficient (Wildman–Crippen LogP) is 3.38. The molecule has 0 atom stereocenters. The molecule has 9 heteroatoms. The van der Waals surface area contributed by atoms with Crippen LogP contribution in [0.2, 0.25) is 0 Å². The lowest BCUT2D eigenvalue weighted by Gasteiger charge is -2.31. The molecule has 0 bridgehead atoms. The molecule has 0 aliphatic carbocycles. The predicted molar refractivity (Wildman–Crippen MR) is 125 cm³/mol. The van der Waals surface area contributed by atoms with Crippen LogP contribution in [-0.2, 0) is 0 Å². The summed E-state index contributed by atoms with van der Waals surface area (Å²) in [6.07, 6.45) is 4.60. The molecule has 1 aromatic carbocycles. The van der Waals surface area contributed by atoms with Gasteiger partial charge in [0, 0.05) is 61.0 Å². The fourth-order valence-electron chi connectivity index (χ4n) is 4.58. The molecule has 2 aliphatic rings. The molecule has 0 unspecified atom stereocenters. The summed E-state index contributed by atoms with van der Waals surface area (Å²) in [5.41, 5.74) is 2.51. The smallest absolute Gasteiger partial charge is 0.255 e. The third-order valence-corrected chi connectivity index (χ3v) is 6.64. The largest absolute Gasteiger partial charge is 0.349 e. The summed E-state index contributed by atoms with van der Waals surface area (Å²) in [4.78, 5) is 31.3. The van der Waals surface area contributed by atoms with E-state index in [9.17, 15) is 18.4 Å². The number of nitrogens with one attached hydrogen (secondary N) is 2. The molecule has 5 rings (SSSR count). The van der Waals surface area contributed by atoms with Gasteiger partial charge in [-0.05, 0) is 62.3 Å². The minimum absolute atomic E-state index is 0.0441. The van der Waals surface area contributed by atoms with Crippen LogP contribution in [0.4, 0.5) is 8.78 Å². The lowest BCUT2D eigenvalue weighted by molar-refractivity contribution is -0.0494. The van der Waals surface area contributed by atoms with Gasteiger partial charge in [0.15, 0.2) is 0 Å². The number of hydrogen-bond acceptors (Lipinski definition) is 4. The van der Waals surface area contributed by atoms with Gasteiger partial charge in [0.25, 0.3) is 17.7 Å². The second kappa shape index (κ2) is 9.13. The number of likely N-dealkylation sites (tertiary alicyclic amines) is 1. The van der Waals surface area contributed by atoms with E-state index in [0.29, 0.717) is 16.8 Å². The van der Waals surface area contributed by atoms with E-state index in [-0.39, 0.29) is 43.8 Å². The maximum absolute atomic E-state index is 13.4. The van der Waals surface area contributed by atoms with Crippen molar-refractivity contribution in [2.75, 3.05) is 26.2 Å². The number of pyridine rings is 1. The summed E-state index contributed by atoms with van der Waals surface area (Å²) in [5.74, 6) is -3.05. The number of benzene rings is 1. The molecule has 178 valence electrons. The van der Waals surface area contributed by atoms with Crippen molar-refractivity contribution in [3.63, 3.8) is 0 Å². The van der Waals surface area contributed by atoms with Crippen LogP contribution in [0.25, 0.3) is 16.7 Å². The number of amides is 2. The Morgan fingerprint density at radius 1 is 1.03 bits per heavy atom. The summed E-state index contributed by atoms with van der Waals surface area (Å²) in [6.45, 7) is 1.92. The van der Waals surface area contributed by atoms with Crippen LogP contribution in [-0.4, -0.2) is 64.4 Å². The molecule has 2 aromatic heterocycles. The van der Waals surface area contributed by atoms with Crippen molar-refractivity contribution in [3.8, 4) is 5.69 Å². The minimum Gasteiger partial charge on any atom is -0.349 e. The number of fused-ring (bicyclic) bond motifs is 1. The summed E-state index contributed by atoms with van der Waals surface area (Å²) in [5, 5.41) is 7.16. The van der Waals surface area contributed by atoms with Crippen molar-refractivity contribution >= 4 is 22.8 Å². The molecule has 0 radical (unpaired) electrons. The molecule has 2 aliphatic heterocycles. The topological polar surface area (TPSA) is 79.3 Å². The maximum atomic E-state index is 13.4. The standard InChI is InChI=1S/C25H27F2N5O2/c26-25(27)8-13-31(14-9-25)24(34)19-15-18-7-12-32(22(18)29-16-19)21-3-1-17(2-4-21)23(33)30-20-5-10-28-11-6-20/h1-4,7,12,15-16,20,28H,5-6,8-11,13-14H2,(H,30,33). The van der Waals surface area contributed by atoms with Gasteiger partial charge >= 0.3 is 0 Å².